The fourth-order valence-electron chi connectivity index (χ4n) is 1.57. The molecule has 19 heavy (non-hydrogen) atoms. The fraction of sp³-hybridized carbons (Fsp3) is 0.308. The van der Waals surface area contributed by atoms with Gasteiger partial charge in [-0.15, -0.1) is 0 Å². The summed E-state index contributed by atoms with van der Waals surface area (Å²) < 4.78 is 0. The van der Waals surface area contributed by atoms with Crippen molar-refractivity contribution in [1.29, 1.82) is 0 Å². The predicted molar refractivity (Wildman–Crippen MR) is 68.4 cm³/mol. The van der Waals surface area contributed by atoms with Crippen molar-refractivity contribution >= 4 is 17.8 Å². The first-order valence-corrected chi connectivity index (χ1v) is 5.87. The van der Waals surface area contributed by atoms with Crippen LogP contribution in [0.5, 0.6) is 0 Å². The molecular formula is C13H16N2O4. The summed E-state index contributed by atoms with van der Waals surface area (Å²) >= 11 is 0. The lowest BCUT2D eigenvalue weighted by molar-refractivity contribution is -0.139. The van der Waals surface area contributed by atoms with E-state index in [-0.39, 0.29) is 12.8 Å². The summed E-state index contributed by atoms with van der Waals surface area (Å²) in [7, 11) is 0. The van der Waals surface area contributed by atoms with E-state index >= 15 is 0 Å². The molecule has 2 amide bonds. The molecule has 0 aliphatic rings. The highest BCUT2D eigenvalue weighted by atomic mass is 16.4. The van der Waals surface area contributed by atoms with Gasteiger partial charge in [0, 0.05) is 12.0 Å². The fourth-order valence-corrected chi connectivity index (χ4v) is 1.57. The average Bonchev–Trinajstić information content (AvgIpc) is 2.37. The van der Waals surface area contributed by atoms with Crippen LogP contribution in [0.3, 0.4) is 0 Å². The molecule has 6 nitrogen and oxygen atoms in total. The van der Waals surface area contributed by atoms with E-state index in [1.165, 1.54) is 0 Å². The molecule has 0 aliphatic carbocycles. The first-order valence-electron chi connectivity index (χ1n) is 5.87. The minimum Gasteiger partial charge on any atom is -0.480 e. The summed E-state index contributed by atoms with van der Waals surface area (Å²) in [6, 6.07) is 7.32. The van der Waals surface area contributed by atoms with Gasteiger partial charge < -0.3 is 16.2 Å². The highest BCUT2D eigenvalue weighted by Gasteiger charge is 2.20. The van der Waals surface area contributed by atoms with Gasteiger partial charge >= 0.3 is 5.97 Å². The Bertz CT molecular complexity index is 459. The molecule has 0 saturated carbocycles. The first-order chi connectivity index (χ1) is 9.00. The topological polar surface area (TPSA) is 109 Å². The molecule has 0 saturated heterocycles. The lowest BCUT2D eigenvalue weighted by Gasteiger charge is -2.14. The van der Waals surface area contributed by atoms with Crippen LogP contribution >= 0.6 is 0 Å². The number of carboxylic acid groups (broad SMARTS) is 1. The van der Waals surface area contributed by atoms with E-state index in [9.17, 15) is 14.4 Å². The van der Waals surface area contributed by atoms with Gasteiger partial charge in [0.15, 0.2) is 0 Å². The van der Waals surface area contributed by atoms with Gasteiger partial charge in [0.05, 0.1) is 0 Å². The maximum absolute atomic E-state index is 11.8. The van der Waals surface area contributed by atoms with Gasteiger partial charge in [-0.05, 0) is 25.0 Å². The lowest BCUT2D eigenvalue weighted by Crippen LogP contribution is -2.40. The number of rotatable bonds is 7. The summed E-state index contributed by atoms with van der Waals surface area (Å²) in [5.74, 6) is -2.07. The molecule has 1 atom stereocenters. The third-order valence-corrected chi connectivity index (χ3v) is 2.56. The number of amides is 2. The maximum Gasteiger partial charge on any atom is 0.326 e. The maximum atomic E-state index is 11.8. The highest BCUT2D eigenvalue weighted by molar-refractivity contribution is 5.96. The van der Waals surface area contributed by atoms with Gasteiger partial charge in [-0.2, -0.15) is 0 Å². The first kappa shape index (κ1) is 14.7. The molecule has 4 N–H and O–H groups in total. The number of carboxylic acids is 1. The van der Waals surface area contributed by atoms with Crippen LogP contribution in [-0.4, -0.2) is 28.9 Å². The van der Waals surface area contributed by atoms with Crippen LogP contribution in [0, 0.1) is 0 Å². The molecule has 0 radical (unpaired) electrons. The van der Waals surface area contributed by atoms with Crippen molar-refractivity contribution in [3.63, 3.8) is 0 Å². The van der Waals surface area contributed by atoms with Crippen molar-refractivity contribution in [2.24, 2.45) is 5.73 Å². The second-order valence-corrected chi connectivity index (χ2v) is 4.09. The highest BCUT2D eigenvalue weighted by Crippen LogP contribution is 2.04. The van der Waals surface area contributed by atoms with E-state index in [0.29, 0.717) is 12.0 Å². The van der Waals surface area contributed by atoms with Crippen LogP contribution in [0.15, 0.2) is 30.3 Å². The van der Waals surface area contributed by atoms with Crippen molar-refractivity contribution in [2.75, 3.05) is 0 Å². The van der Waals surface area contributed by atoms with E-state index < -0.39 is 23.8 Å². The average molecular weight is 264 g/mol. The number of nitrogens with two attached hydrogens (primary N) is 1. The quantitative estimate of drug-likeness (QED) is 0.667. The Hall–Kier alpha value is -2.37. The Morgan fingerprint density at radius 2 is 1.84 bits per heavy atom. The minimum atomic E-state index is -1.13. The van der Waals surface area contributed by atoms with E-state index in [2.05, 4.69) is 5.32 Å². The molecule has 0 heterocycles. The molecule has 1 rings (SSSR count). The monoisotopic (exact) mass is 264 g/mol. The Morgan fingerprint density at radius 1 is 1.21 bits per heavy atom. The number of carbonyl (C=O) groups excluding carboxylic acids is 2. The number of aliphatic carboxylic acids is 1. The number of primary amides is 1. The Morgan fingerprint density at radius 3 is 2.37 bits per heavy atom. The van der Waals surface area contributed by atoms with Crippen molar-refractivity contribution in [2.45, 2.75) is 25.3 Å². The SMILES string of the molecule is NC(=O)CCC[C@@H](NC(=O)c1ccccc1)C(=O)O. The van der Waals surface area contributed by atoms with E-state index in [1.807, 2.05) is 0 Å². The van der Waals surface area contributed by atoms with Gasteiger partial charge in [-0.25, -0.2) is 4.79 Å². The smallest absolute Gasteiger partial charge is 0.326 e. The summed E-state index contributed by atoms with van der Waals surface area (Å²) in [4.78, 5) is 33.4. The number of carbonyl (C=O) groups is 3. The summed E-state index contributed by atoms with van der Waals surface area (Å²) in [5.41, 5.74) is 5.37. The van der Waals surface area contributed by atoms with Crippen LogP contribution in [-0.2, 0) is 9.59 Å². The van der Waals surface area contributed by atoms with Crippen molar-refractivity contribution in [3.8, 4) is 0 Å². The molecular weight excluding hydrogens is 248 g/mol. The molecule has 6 heteroatoms. The van der Waals surface area contributed by atoms with Gasteiger partial charge in [-0.3, -0.25) is 9.59 Å². The number of hydrogen-bond acceptors (Lipinski definition) is 3. The third-order valence-electron chi connectivity index (χ3n) is 2.56. The Kier molecular flexibility index (Phi) is 5.53. The molecule has 0 unspecified atom stereocenters. The zero-order chi connectivity index (χ0) is 14.3. The van der Waals surface area contributed by atoms with Crippen LogP contribution in [0.2, 0.25) is 0 Å². The summed E-state index contributed by atoms with van der Waals surface area (Å²) in [6.45, 7) is 0. The molecule has 0 bridgehead atoms. The molecule has 1 aromatic carbocycles. The lowest BCUT2D eigenvalue weighted by atomic mass is 10.1. The van der Waals surface area contributed by atoms with Crippen LogP contribution in [0.4, 0.5) is 0 Å². The molecule has 0 spiro atoms. The standard InChI is InChI=1S/C13H16N2O4/c14-11(16)8-4-7-10(13(18)19)15-12(17)9-5-2-1-3-6-9/h1-3,5-6,10H,4,7-8H2,(H2,14,16)(H,15,17)(H,18,19)/t10-/m1/s1. The number of nitrogens with one attached hydrogen (secondary N) is 1. The number of hydrogen-bond donors (Lipinski definition) is 3. The molecule has 1 aromatic rings. The zero-order valence-electron chi connectivity index (χ0n) is 10.3. The van der Waals surface area contributed by atoms with E-state index in [0.717, 1.165) is 0 Å². The predicted octanol–water partition coefficient (Wildman–Crippen LogP) is 0.525. The van der Waals surface area contributed by atoms with E-state index in [1.54, 1.807) is 30.3 Å². The molecule has 0 aliphatic heterocycles. The van der Waals surface area contributed by atoms with Gasteiger partial charge in [0.1, 0.15) is 6.04 Å². The van der Waals surface area contributed by atoms with Crippen LogP contribution < -0.4 is 11.1 Å². The van der Waals surface area contributed by atoms with Crippen LogP contribution in [0.1, 0.15) is 29.6 Å². The largest absolute Gasteiger partial charge is 0.480 e. The van der Waals surface area contributed by atoms with Crippen molar-refractivity contribution in [1.82, 2.24) is 5.32 Å². The van der Waals surface area contributed by atoms with E-state index in [4.69, 9.17) is 10.8 Å². The second-order valence-electron chi connectivity index (χ2n) is 4.09. The summed E-state index contributed by atoms with van der Waals surface area (Å²) in [5, 5.41) is 11.4. The molecule has 0 aromatic heterocycles. The number of benzene rings is 1. The minimum absolute atomic E-state index is 0.102. The van der Waals surface area contributed by atoms with Crippen molar-refractivity contribution < 1.29 is 19.5 Å². The zero-order valence-corrected chi connectivity index (χ0v) is 10.3. The van der Waals surface area contributed by atoms with Gasteiger partial charge in [0.25, 0.3) is 5.91 Å². The van der Waals surface area contributed by atoms with Crippen LogP contribution in [0.25, 0.3) is 0 Å². The second kappa shape index (κ2) is 7.15. The normalized spacial score (nSPS) is 11.6. The third kappa shape index (κ3) is 5.20. The van der Waals surface area contributed by atoms with Gasteiger partial charge in [-0.1, -0.05) is 18.2 Å². The molecule has 102 valence electrons. The summed E-state index contributed by atoms with van der Waals surface area (Å²) in [6.07, 6.45) is 0.587. The Labute approximate surface area is 110 Å². The van der Waals surface area contributed by atoms with Crippen molar-refractivity contribution in [3.05, 3.63) is 35.9 Å². The molecule has 0 fully saturated rings. The Balaban J connectivity index is 2.56. The van der Waals surface area contributed by atoms with Gasteiger partial charge in [0.2, 0.25) is 5.91 Å².